The van der Waals surface area contributed by atoms with Crippen molar-refractivity contribution in [3.63, 3.8) is 0 Å². The second kappa shape index (κ2) is 6.27. The average Bonchev–Trinajstić information content (AvgIpc) is 2.39. The molecule has 20 heavy (non-hydrogen) atoms. The monoisotopic (exact) mass is 306 g/mol. The van der Waals surface area contributed by atoms with E-state index in [4.69, 9.17) is 11.6 Å². The maximum atomic E-state index is 12.3. The molecule has 1 fully saturated rings. The fourth-order valence-corrected chi connectivity index (χ4v) is 2.37. The van der Waals surface area contributed by atoms with Crippen LogP contribution in [0.25, 0.3) is 0 Å². The van der Waals surface area contributed by atoms with Gasteiger partial charge in [0.05, 0.1) is 16.5 Å². The fourth-order valence-electron chi connectivity index (χ4n) is 2.09. The zero-order valence-corrected chi connectivity index (χ0v) is 11.3. The van der Waals surface area contributed by atoms with Gasteiger partial charge in [-0.15, -0.1) is 0 Å². The van der Waals surface area contributed by atoms with E-state index in [2.05, 4.69) is 4.98 Å². The van der Waals surface area contributed by atoms with Gasteiger partial charge in [0.15, 0.2) is 0 Å². The second-order valence-electron chi connectivity index (χ2n) is 4.43. The van der Waals surface area contributed by atoms with Crippen LogP contribution in [0.3, 0.4) is 0 Å². The van der Waals surface area contributed by atoms with E-state index in [9.17, 15) is 18.9 Å². The molecule has 110 valence electrons. The molecule has 0 N–H and O–H groups in total. The molecule has 9 heteroatoms. The maximum Gasteiger partial charge on any atom is 0.289 e. The fraction of sp³-hybridized carbons (Fsp3) is 0.545. The standard InChI is InChI=1S/C11H13ClF2N4O2/c12-9-5-8(18(19)20)6-15-11(9)17-3-1-16(2-4-17)7-10(13)14/h5-6,10H,1-4,7H2. The molecular formula is C11H13ClF2N4O2. The maximum absolute atomic E-state index is 12.3. The van der Waals surface area contributed by atoms with Crippen molar-refractivity contribution >= 4 is 23.1 Å². The van der Waals surface area contributed by atoms with Crippen molar-refractivity contribution < 1.29 is 13.7 Å². The summed E-state index contributed by atoms with van der Waals surface area (Å²) in [6, 6.07) is 1.25. The first-order valence-electron chi connectivity index (χ1n) is 6.02. The van der Waals surface area contributed by atoms with Crippen LogP contribution in [-0.2, 0) is 0 Å². The number of nitro groups is 1. The van der Waals surface area contributed by atoms with E-state index in [0.29, 0.717) is 32.0 Å². The molecule has 0 spiro atoms. The molecule has 2 heterocycles. The van der Waals surface area contributed by atoms with Crippen molar-refractivity contribution in [3.8, 4) is 0 Å². The van der Waals surface area contributed by atoms with Gasteiger partial charge in [-0.1, -0.05) is 11.6 Å². The summed E-state index contributed by atoms with van der Waals surface area (Å²) in [4.78, 5) is 17.5. The summed E-state index contributed by atoms with van der Waals surface area (Å²) < 4.78 is 24.5. The van der Waals surface area contributed by atoms with Crippen molar-refractivity contribution in [1.29, 1.82) is 0 Å². The Bertz CT molecular complexity index is 495. The molecule has 0 radical (unpaired) electrons. The highest BCUT2D eigenvalue weighted by Gasteiger charge is 2.22. The molecular weight excluding hydrogens is 294 g/mol. The second-order valence-corrected chi connectivity index (χ2v) is 4.84. The Morgan fingerprint density at radius 3 is 2.55 bits per heavy atom. The quantitative estimate of drug-likeness (QED) is 0.629. The lowest BCUT2D eigenvalue weighted by atomic mass is 10.3. The minimum atomic E-state index is -2.34. The summed E-state index contributed by atoms with van der Waals surface area (Å²) in [6.07, 6.45) is -1.20. The molecule has 1 aliphatic heterocycles. The van der Waals surface area contributed by atoms with E-state index in [1.54, 1.807) is 4.90 Å². The van der Waals surface area contributed by atoms with Crippen molar-refractivity contribution in [3.05, 3.63) is 27.4 Å². The van der Waals surface area contributed by atoms with Crippen LogP contribution in [0.15, 0.2) is 12.3 Å². The molecule has 0 aromatic carbocycles. The molecule has 0 saturated carbocycles. The summed E-state index contributed by atoms with van der Waals surface area (Å²) in [7, 11) is 0. The topological polar surface area (TPSA) is 62.5 Å². The van der Waals surface area contributed by atoms with Crippen molar-refractivity contribution in [2.45, 2.75) is 6.43 Å². The van der Waals surface area contributed by atoms with Crippen LogP contribution in [0.2, 0.25) is 5.02 Å². The van der Waals surface area contributed by atoms with Crippen molar-refractivity contribution in [2.24, 2.45) is 0 Å². The van der Waals surface area contributed by atoms with Crippen LogP contribution in [0.1, 0.15) is 0 Å². The Morgan fingerprint density at radius 2 is 2.05 bits per heavy atom. The third kappa shape index (κ3) is 3.51. The van der Waals surface area contributed by atoms with Gasteiger partial charge in [0, 0.05) is 32.2 Å². The van der Waals surface area contributed by atoms with Gasteiger partial charge in [0.2, 0.25) is 0 Å². The number of nitrogens with zero attached hydrogens (tertiary/aromatic N) is 4. The van der Waals surface area contributed by atoms with E-state index in [-0.39, 0.29) is 17.3 Å². The number of piperazine rings is 1. The number of aromatic nitrogens is 1. The molecule has 0 atom stereocenters. The SMILES string of the molecule is O=[N+]([O-])c1cnc(N2CCN(CC(F)F)CC2)c(Cl)c1. The highest BCUT2D eigenvalue weighted by Crippen LogP contribution is 2.27. The van der Waals surface area contributed by atoms with Gasteiger partial charge in [-0.2, -0.15) is 0 Å². The third-order valence-corrected chi connectivity index (χ3v) is 3.36. The number of hydrogen-bond acceptors (Lipinski definition) is 5. The summed E-state index contributed by atoms with van der Waals surface area (Å²) in [6.45, 7) is 1.75. The highest BCUT2D eigenvalue weighted by molar-refractivity contribution is 6.33. The number of rotatable bonds is 4. The zero-order chi connectivity index (χ0) is 14.7. The third-order valence-electron chi connectivity index (χ3n) is 3.09. The minimum absolute atomic E-state index is 0.171. The molecule has 6 nitrogen and oxygen atoms in total. The van der Waals surface area contributed by atoms with Gasteiger partial charge >= 0.3 is 0 Å². The van der Waals surface area contributed by atoms with Crippen LogP contribution in [0, 0.1) is 10.1 Å². The molecule has 1 aromatic heterocycles. The summed E-state index contributed by atoms with van der Waals surface area (Å²) in [5, 5.41) is 10.8. The molecule has 0 amide bonds. The van der Waals surface area contributed by atoms with Crippen LogP contribution in [-0.4, -0.2) is 54.0 Å². The smallest absolute Gasteiger partial charge is 0.289 e. The Hall–Kier alpha value is -1.54. The lowest BCUT2D eigenvalue weighted by molar-refractivity contribution is -0.385. The van der Waals surface area contributed by atoms with E-state index in [1.807, 2.05) is 4.90 Å². The van der Waals surface area contributed by atoms with Crippen molar-refractivity contribution in [2.75, 3.05) is 37.6 Å². The predicted octanol–water partition coefficient (Wildman–Crippen LogP) is 2.03. The molecule has 0 aliphatic carbocycles. The summed E-state index contributed by atoms with van der Waals surface area (Å²) in [5.74, 6) is 0.453. The first-order chi connectivity index (χ1) is 9.47. The number of anilines is 1. The summed E-state index contributed by atoms with van der Waals surface area (Å²) >= 11 is 5.99. The molecule has 1 saturated heterocycles. The first kappa shape index (κ1) is 14.9. The van der Waals surface area contributed by atoms with Crippen LogP contribution in [0.5, 0.6) is 0 Å². The molecule has 0 bridgehead atoms. The van der Waals surface area contributed by atoms with Gasteiger partial charge in [-0.05, 0) is 0 Å². The van der Waals surface area contributed by atoms with Crippen LogP contribution >= 0.6 is 11.6 Å². The van der Waals surface area contributed by atoms with Crippen LogP contribution in [0.4, 0.5) is 20.3 Å². The molecule has 0 unspecified atom stereocenters. The Balaban J connectivity index is 2.02. The lowest BCUT2D eigenvalue weighted by Crippen LogP contribution is -2.48. The number of alkyl halides is 2. The van der Waals surface area contributed by atoms with E-state index in [0.717, 1.165) is 6.20 Å². The van der Waals surface area contributed by atoms with Gasteiger partial charge in [-0.3, -0.25) is 15.0 Å². The number of pyridine rings is 1. The van der Waals surface area contributed by atoms with Gasteiger partial charge in [0.1, 0.15) is 12.0 Å². The predicted molar refractivity (Wildman–Crippen MR) is 70.6 cm³/mol. The molecule has 1 aromatic rings. The Labute approximate surface area is 119 Å². The average molecular weight is 307 g/mol. The molecule has 1 aliphatic rings. The lowest BCUT2D eigenvalue weighted by Gasteiger charge is -2.35. The number of halogens is 3. The van der Waals surface area contributed by atoms with E-state index in [1.165, 1.54) is 6.07 Å². The largest absolute Gasteiger partial charge is 0.353 e. The zero-order valence-electron chi connectivity index (χ0n) is 10.5. The highest BCUT2D eigenvalue weighted by atomic mass is 35.5. The van der Waals surface area contributed by atoms with Crippen molar-refractivity contribution in [1.82, 2.24) is 9.88 Å². The molecule has 2 rings (SSSR count). The van der Waals surface area contributed by atoms with Gasteiger partial charge in [-0.25, -0.2) is 13.8 Å². The van der Waals surface area contributed by atoms with Gasteiger partial charge in [0.25, 0.3) is 12.1 Å². The minimum Gasteiger partial charge on any atom is -0.353 e. The van der Waals surface area contributed by atoms with E-state index >= 15 is 0 Å². The number of hydrogen-bond donors (Lipinski definition) is 0. The van der Waals surface area contributed by atoms with Crippen LogP contribution < -0.4 is 4.90 Å². The summed E-state index contributed by atoms with van der Waals surface area (Å²) in [5.41, 5.74) is -0.171. The first-order valence-corrected chi connectivity index (χ1v) is 6.40. The van der Waals surface area contributed by atoms with E-state index < -0.39 is 11.3 Å². The van der Waals surface area contributed by atoms with Gasteiger partial charge < -0.3 is 4.90 Å². The normalized spacial score (nSPS) is 16.7. The Kier molecular flexibility index (Phi) is 4.66. The Morgan fingerprint density at radius 1 is 1.40 bits per heavy atom.